The summed E-state index contributed by atoms with van der Waals surface area (Å²) < 4.78 is 27.7. The van der Waals surface area contributed by atoms with Gasteiger partial charge in [0, 0.05) is 42.8 Å². The number of hydrazone groups is 1. The summed E-state index contributed by atoms with van der Waals surface area (Å²) in [6.45, 7) is 3.20. The molecule has 1 aliphatic heterocycles. The summed E-state index contributed by atoms with van der Waals surface area (Å²) in [4.78, 5) is 24.6. The molecule has 10 nitrogen and oxygen atoms in total. The first-order valence-corrected chi connectivity index (χ1v) is 12.0. The topological polar surface area (TPSA) is 125 Å². The van der Waals surface area contributed by atoms with Crippen LogP contribution in [0.4, 0.5) is 5.69 Å². The molecule has 1 amide bonds. The van der Waals surface area contributed by atoms with Crippen molar-refractivity contribution in [3.63, 3.8) is 0 Å². The van der Waals surface area contributed by atoms with Crippen LogP contribution < -0.4 is 5.43 Å². The van der Waals surface area contributed by atoms with Crippen molar-refractivity contribution in [2.45, 2.75) is 11.8 Å². The highest BCUT2D eigenvalue weighted by Crippen LogP contribution is 2.20. The smallest absolute Gasteiger partial charge is 0.269 e. The zero-order chi connectivity index (χ0) is 23.3. The average molecular weight is 524 g/mol. The molecule has 0 atom stereocenters. The number of sulfonamides is 1. The Labute approximate surface area is 194 Å². The number of benzene rings is 2. The third kappa shape index (κ3) is 5.97. The van der Waals surface area contributed by atoms with Crippen LogP contribution >= 0.6 is 15.9 Å². The highest BCUT2D eigenvalue weighted by Gasteiger charge is 2.29. The Kier molecular flexibility index (Phi) is 7.72. The highest BCUT2D eigenvalue weighted by atomic mass is 79.9. The first-order valence-electron chi connectivity index (χ1n) is 9.73. The minimum Gasteiger partial charge on any atom is -0.292 e. The van der Waals surface area contributed by atoms with Crippen LogP contribution in [-0.2, 0) is 14.8 Å². The molecule has 1 aliphatic rings. The summed E-state index contributed by atoms with van der Waals surface area (Å²) in [5, 5.41) is 14.8. The number of carbonyl (C=O) groups is 1. The van der Waals surface area contributed by atoms with Crippen LogP contribution in [0.2, 0.25) is 0 Å². The van der Waals surface area contributed by atoms with E-state index in [1.54, 1.807) is 43.3 Å². The predicted molar refractivity (Wildman–Crippen MR) is 123 cm³/mol. The molecule has 1 N–H and O–H groups in total. The number of nitro benzene ring substituents is 1. The molecule has 32 heavy (non-hydrogen) atoms. The zero-order valence-electron chi connectivity index (χ0n) is 17.3. The molecule has 0 unspecified atom stereocenters. The summed E-state index contributed by atoms with van der Waals surface area (Å²) in [5.74, 6) is -0.324. The normalized spacial score (nSPS) is 16.0. The minimum atomic E-state index is -3.57. The van der Waals surface area contributed by atoms with Crippen molar-refractivity contribution < 1.29 is 18.1 Å². The maximum Gasteiger partial charge on any atom is 0.269 e. The van der Waals surface area contributed by atoms with Crippen LogP contribution in [0.15, 0.2) is 63.0 Å². The van der Waals surface area contributed by atoms with Crippen molar-refractivity contribution in [3.8, 4) is 0 Å². The molecular weight excluding hydrogens is 502 g/mol. The fraction of sp³-hybridized carbons (Fsp3) is 0.300. The quantitative estimate of drug-likeness (QED) is 0.337. The van der Waals surface area contributed by atoms with Gasteiger partial charge in [-0.05, 0) is 48.9 Å². The summed E-state index contributed by atoms with van der Waals surface area (Å²) >= 11 is 3.30. The Bertz CT molecular complexity index is 1110. The lowest BCUT2D eigenvalue weighted by Crippen LogP contribution is -2.50. The molecule has 0 aliphatic carbocycles. The van der Waals surface area contributed by atoms with Gasteiger partial charge < -0.3 is 0 Å². The predicted octanol–water partition coefficient (Wildman–Crippen LogP) is 2.20. The van der Waals surface area contributed by atoms with Gasteiger partial charge in [-0.1, -0.05) is 15.9 Å². The van der Waals surface area contributed by atoms with Crippen LogP contribution in [0.3, 0.4) is 0 Å². The van der Waals surface area contributed by atoms with E-state index in [0.717, 1.165) is 4.47 Å². The molecule has 1 saturated heterocycles. The maximum atomic E-state index is 12.8. The van der Waals surface area contributed by atoms with Gasteiger partial charge in [0.2, 0.25) is 10.0 Å². The lowest BCUT2D eigenvalue weighted by Gasteiger charge is -2.33. The molecule has 2 aromatic carbocycles. The number of piperazine rings is 1. The Morgan fingerprint density at radius 2 is 1.69 bits per heavy atom. The molecule has 1 heterocycles. The lowest BCUT2D eigenvalue weighted by atomic mass is 10.1. The molecule has 2 aromatic rings. The van der Waals surface area contributed by atoms with Crippen LogP contribution in [0, 0.1) is 10.1 Å². The number of nitrogens with zero attached hydrogens (tertiary/aromatic N) is 4. The van der Waals surface area contributed by atoms with Crippen molar-refractivity contribution in [1.29, 1.82) is 0 Å². The van der Waals surface area contributed by atoms with Gasteiger partial charge in [-0.3, -0.25) is 19.8 Å². The molecule has 0 saturated carbocycles. The number of amides is 1. The fourth-order valence-electron chi connectivity index (χ4n) is 3.16. The minimum absolute atomic E-state index is 0.0214. The van der Waals surface area contributed by atoms with E-state index < -0.39 is 14.9 Å². The van der Waals surface area contributed by atoms with Gasteiger partial charge in [-0.2, -0.15) is 9.41 Å². The molecule has 170 valence electrons. The Morgan fingerprint density at radius 1 is 1.09 bits per heavy atom. The van der Waals surface area contributed by atoms with Crippen molar-refractivity contribution in [2.24, 2.45) is 5.10 Å². The van der Waals surface area contributed by atoms with Gasteiger partial charge in [-0.25, -0.2) is 13.8 Å². The Balaban J connectivity index is 1.50. The summed E-state index contributed by atoms with van der Waals surface area (Å²) in [6.07, 6.45) is 0. The largest absolute Gasteiger partial charge is 0.292 e. The molecule has 0 aromatic heterocycles. The van der Waals surface area contributed by atoms with Gasteiger partial charge in [0.25, 0.3) is 11.6 Å². The number of nitro groups is 1. The number of nitrogens with one attached hydrogen (secondary N) is 1. The number of carbonyl (C=O) groups excluding carboxylic acids is 1. The zero-order valence-corrected chi connectivity index (χ0v) is 19.7. The summed E-state index contributed by atoms with van der Waals surface area (Å²) in [7, 11) is -3.57. The Morgan fingerprint density at radius 3 is 2.25 bits per heavy atom. The SMILES string of the molecule is C/C(=N/NC(=O)CN1CCN(S(=O)(=O)c2ccc(Br)cc2)CC1)c1ccc([N+](=O)[O-])cc1. The molecule has 0 radical (unpaired) electrons. The van der Waals surface area contributed by atoms with Gasteiger partial charge in [0.1, 0.15) is 0 Å². The van der Waals surface area contributed by atoms with E-state index in [4.69, 9.17) is 0 Å². The monoisotopic (exact) mass is 523 g/mol. The van der Waals surface area contributed by atoms with Crippen LogP contribution in [0.25, 0.3) is 0 Å². The van der Waals surface area contributed by atoms with Crippen molar-refractivity contribution in [1.82, 2.24) is 14.6 Å². The average Bonchev–Trinajstić information content (AvgIpc) is 2.78. The standard InChI is InChI=1S/C20H22BrN5O5S/c1-15(16-2-6-18(7-3-16)26(28)29)22-23-20(27)14-24-10-12-25(13-11-24)32(30,31)19-8-4-17(21)5-9-19/h2-9H,10-14H2,1H3,(H,23,27)/b22-15-. The molecule has 3 rings (SSSR count). The van der Waals surface area contributed by atoms with E-state index in [1.165, 1.54) is 16.4 Å². The van der Waals surface area contributed by atoms with E-state index in [9.17, 15) is 23.3 Å². The van der Waals surface area contributed by atoms with Gasteiger partial charge in [-0.15, -0.1) is 0 Å². The van der Waals surface area contributed by atoms with E-state index in [-0.39, 0.29) is 36.1 Å². The first kappa shape index (κ1) is 24.0. The molecular formula is C20H22BrN5O5S. The van der Waals surface area contributed by atoms with Crippen LogP contribution in [-0.4, -0.2) is 66.9 Å². The van der Waals surface area contributed by atoms with Crippen molar-refractivity contribution in [2.75, 3.05) is 32.7 Å². The number of hydrogen-bond acceptors (Lipinski definition) is 7. The number of non-ortho nitro benzene ring substituents is 1. The third-order valence-corrected chi connectivity index (χ3v) is 7.44. The fourth-order valence-corrected chi connectivity index (χ4v) is 4.84. The van der Waals surface area contributed by atoms with Gasteiger partial charge in [0.15, 0.2) is 0 Å². The second-order valence-electron chi connectivity index (χ2n) is 7.17. The first-order chi connectivity index (χ1) is 15.2. The van der Waals surface area contributed by atoms with Crippen LogP contribution in [0.1, 0.15) is 12.5 Å². The summed E-state index contributed by atoms with van der Waals surface area (Å²) in [5.41, 5.74) is 3.62. The van der Waals surface area contributed by atoms with E-state index in [2.05, 4.69) is 26.5 Å². The molecule has 0 bridgehead atoms. The van der Waals surface area contributed by atoms with Gasteiger partial charge in [0.05, 0.1) is 22.1 Å². The van der Waals surface area contributed by atoms with E-state index >= 15 is 0 Å². The van der Waals surface area contributed by atoms with Crippen molar-refractivity contribution >= 4 is 43.3 Å². The number of rotatable bonds is 7. The third-order valence-electron chi connectivity index (χ3n) is 4.99. The van der Waals surface area contributed by atoms with E-state index in [1.807, 2.05) is 4.90 Å². The lowest BCUT2D eigenvalue weighted by molar-refractivity contribution is -0.384. The van der Waals surface area contributed by atoms with E-state index in [0.29, 0.717) is 24.4 Å². The van der Waals surface area contributed by atoms with Gasteiger partial charge >= 0.3 is 0 Å². The molecule has 0 spiro atoms. The second kappa shape index (κ2) is 10.3. The van der Waals surface area contributed by atoms with Crippen LogP contribution in [0.5, 0.6) is 0 Å². The highest BCUT2D eigenvalue weighted by molar-refractivity contribution is 9.10. The van der Waals surface area contributed by atoms with Crippen molar-refractivity contribution in [3.05, 3.63) is 68.7 Å². The maximum absolute atomic E-state index is 12.8. The summed E-state index contributed by atoms with van der Waals surface area (Å²) in [6, 6.07) is 12.4. The number of halogens is 1. The second-order valence-corrected chi connectivity index (χ2v) is 10.0. The molecule has 1 fully saturated rings. The Hall–Kier alpha value is -2.67. The number of hydrogen-bond donors (Lipinski definition) is 1. The molecule has 12 heteroatoms.